The molecule has 35 heavy (non-hydrogen) atoms. The summed E-state index contributed by atoms with van der Waals surface area (Å²) in [6, 6.07) is 17.0. The van der Waals surface area contributed by atoms with Crippen LogP contribution in [0.25, 0.3) is 16.8 Å². The molecule has 2 aliphatic rings. The van der Waals surface area contributed by atoms with E-state index in [0.717, 1.165) is 48.3 Å². The number of benzene rings is 1. The van der Waals surface area contributed by atoms with E-state index in [-0.39, 0.29) is 11.8 Å². The predicted octanol–water partition coefficient (Wildman–Crippen LogP) is 3.95. The first-order chi connectivity index (χ1) is 17.0. The van der Waals surface area contributed by atoms with Gasteiger partial charge in [0.05, 0.1) is 11.7 Å². The van der Waals surface area contributed by atoms with E-state index in [1.54, 1.807) is 10.7 Å². The van der Waals surface area contributed by atoms with Crippen molar-refractivity contribution in [3.8, 4) is 17.0 Å². The van der Waals surface area contributed by atoms with Crippen molar-refractivity contribution in [3.05, 3.63) is 66.5 Å². The summed E-state index contributed by atoms with van der Waals surface area (Å²) in [4.78, 5) is 14.5. The van der Waals surface area contributed by atoms with E-state index >= 15 is 0 Å². The number of ether oxygens (including phenoxy) is 1. The van der Waals surface area contributed by atoms with Gasteiger partial charge >= 0.3 is 0 Å². The highest BCUT2D eigenvalue weighted by Gasteiger charge is 2.31. The standard InChI is InChI=1S/C27H30N6O2/c1-31-16-21(18-6-4-3-5-7-18)13-23(31)17-35-24-15-28-32(2)26(24)20-10-11-33-22(12-20)14-25(30-33)29-27(34)19-8-9-19/h3-7,10-12,14-15,19,21,23H,8-9,13,16-17H2,1-2H3,(H,29,30,34)/t21-,23-/m1/s1. The van der Waals surface area contributed by atoms with Crippen LogP contribution in [0.1, 0.15) is 30.7 Å². The molecule has 3 aromatic heterocycles. The van der Waals surface area contributed by atoms with Crippen molar-refractivity contribution >= 4 is 17.2 Å². The fourth-order valence-corrected chi connectivity index (χ4v) is 5.06. The Morgan fingerprint density at radius 2 is 1.97 bits per heavy atom. The lowest BCUT2D eigenvalue weighted by atomic mass is 9.97. The van der Waals surface area contributed by atoms with Gasteiger partial charge in [0.25, 0.3) is 0 Å². The summed E-state index contributed by atoms with van der Waals surface area (Å²) >= 11 is 0. The molecule has 8 nitrogen and oxygen atoms in total. The zero-order valence-electron chi connectivity index (χ0n) is 20.1. The van der Waals surface area contributed by atoms with Gasteiger partial charge < -0.3 is 10.1 Å². The molecule has 1 saturated heterocycles. The van der Waals surface area contributed by atoms with Crippen molar-refractivity contribution in [1.82, 2.24) is 24.3 Å². The average molecular weight is 471 g/mol. The third-order valence-electron chi connectivity index (χ3n) is 7.23. The van der Waals surface area contributed by atoms with Gasteiger partial charge in [-0.05, 0) is 49.9 Å². The minimum atomic E-state index is 0.0577. The number of anilines is 1. The van der Waals surface area contributed by atoms with Gasteiger partial charge in [-0.15, -0.1) is 0 Å². The number of fused-ring (bicyclic) bond motifs is 1. The molecular weight excluding hydrogens is 440 g/mol. The van der Waals surface area contributed by atoms with Crippen molar-refractivity contribution in [3.63, 3.8) is 0 Å². The molecule has 6 rings (SSSR count). The Hall–Kier alpha value is -3.65. The Labute approximate surface area is 204 Å². The molecule has 2 atom stereocenters. The number of likely N-dealkylation sites (N-methyl/N-ethyl adjacent to an activating group) is 1. The Balaban J connectivity index is 1.18. The number of nitrogens with one attached hydrogen (secondary N) is 1. The van der Waals surface area contributed by atoms with Gasteiger partial charge in [-0.2, -0.15) is 10.2 Å². The molecule has 4 heterocycles. The molecule has 1 amide bonds. The second kappa shape index (κ2) is 8.85. The lowest BCUT2D eigenvalue weighted by molar-refractivity contribution is -0.117. The minimum absolute atomic E-state index is 0.0577. The number of pyridine rings is 1. The summed E-state index contributed by atoms with van der Waals surface area (Å²) < 4.78 is 9.97. The third kappa shape index (κ3) is 4.41. The van der Waals surface area contributed by atoms with Crippen molar-refractivity contribution in [1.29, 1.82) is 0 Å². The van der Waals surface area contributed by atoms with Gasteiger partial charge in [-0.1, -0.05) is 30.3 Å². The van der Waals surface area contributed by atoms with Crippen LogP contribution in [-0.2, 0) is 11.8 Å². The van der Waals surface area contributed by atoms with Crippen LogP contribution in [0.4, 0.5) is 5.82 Å². The van der Waals surface area contributed by atoms with Crippen LogP contribution in [0.2, 0.25) is 0 Å². The number of carbonyl (C=O) groups is 1. The van der Waals surface area contributed by atoms with E-state index in [2.05, 4.69) is 63.9 Å². The summed E-state index contributed by atoms with van der Waals surface area (Å²) in [7, 11) is 4.10. The molecule has 4 aromatic rings. The fourth-order valence-electron chi connectivity index (χ4n) is 5.06. The predicted molar refractivity (Wildman–Crippen MR) is 134 cm³/mol. The third-order valence-corrected chi connectivity index (χ3v) is 7.23. The van der Waals surface area contributed by atoms with Gasteiger partial charge in [0, 0.05) is 43.4 Å². The molecule has 1 N–H and O–H groups in total. The minimum Gasteiger partial charge on any atom is -0.488 e. The summed E-state index contributed by atoms with van der Waals surface area (Å²) in [5.41, 5.74) is 4.22. The maximum absolute atomic E-state index is 12.1. The van der Waals surface area contributed by atoms with E-state index in [0.29, 0.717) is 24.4 Å². The van der Waals surface area contributed by atoms with Gasteiger partial charge in [-0.3, -0.25) is 14.4 Å². The lowest BCUT2D eigenvalue weighted by Gasteiger charge is -2.19. The van der Waals surface area contributed by atoms with Crippen LogP contribution in [0, 0.1) is 5.92 Å². The molecule has 2 fully saturated rings. The van der Waals surface area contributed by atoms with Crippen molar-refractivity contribution in [2.45, 2.75) is 31.2 Å². The first kappa shape index (κ1) is 21.9. The van der Waals surface area contributed by atoms with Crippen LogP contribution in [-0.4, -0.2) is 56.4 Å². The molecular formula is C27H30N6O2. The highest BCUT2D eigenvalue weighted by molar-refractivity contribution is 5.93. The van der Waals surface area contributed by atoms with Crippen LogP contribution < -0.4 is 10.1 Å². The largest absolute Gasteiger partial charge is 0.488 e. The van der Waals surface area contributed by atoms with E-state index in [1.807, 2.05) is 30.1 Å². The Bertz CT molecular complexity index is 1360. The highest BCUT2D eigenvalue weighted by atomic mass is 16.5. The number of aromatic nitrogens is 4. The molecule has 0 radical (unpaired) electrons. The van der Waals surface area contributed by atoms with Gasteiger partial charge in [0.1, 0.15) is 12.3 Å². The molecule has 0 spiro atoms. The van der Waals surface area contributed by atoms with Crippen molar-refractivity contribution in [2.24, 2.45) is 13.0 Å². The van der Waals surface area contributed by atoms with Crippen LogP contribution in [0.15, 0.2) is 60.9 Å². The van der Waals surface area contributed by atoms with Crippen LogP contribution in [0.5, 0.6) is 5.75 Å². The molecule has 1 aromatic carbocycles. The molecule has 1 aliphatic carbocycles. The lowest BCUT2D eigenvalue weighted by Crippen LogP contribution is -2.30. The first-order valence-corrected chi connectivity index (χ1v) is 12.3. The Morgan fingerprint density at radius 1 is 1.14 bits per heavy atom. The number of likely N-dealkylation sites (tertiary alicyclic amines) is 1. The first-order valence-electron chi connectivity index (χ1n) is 12.3. The molecule has 1 aliphatic heterocycles. The fraction of sp³-hybridized carbons (Fsp3) is 0.370. The maximum atomic E-state index is 12.1. The summed E-state index contributed by atoms with van der Waals surface area (Å²) in [6.07, 6.45) is 6.71. The number of aryl methyl sites for hydroxylation is 1. The molecule has 0 bridgehead atoms. The highest BCUT2D eigenvalue weighted by Crippen LogP contribution is 2.34. The normalized spacial score (nSPS) is 20.4. The number of amides is 1. The zero-order chi connectivity index (χ0) is 23.9. The molecule has 8 heteroatoms. The maximum Gasteiger partial charge on any atom is 0.228 e. The average Bonchev–Trinajstić information content (AvgIpc) is 3.40. The van der Waals surface area contributed by atoms with Crippen LogP contribution in [0.3, 0.4) is 0 Å². The summed E-state index contributed by atoms with van der Waals surface area (Å²) in [5, 5.41) is 11.9. The Morgan fingerprint density at radius 3 is 2.77 bits per heavy atom. The SMILES string of the molecule is CN1C[C@H](c2ccccc2)C[C@@H]1COc1cnn(C)c1-c1ccn2nc(NC(=O)C3CC3)cc2c1. The topological polar surface area (TPSA) is 76.7 Å². The van der Waals surface area contributed by atoms with Crippen molar-refractivity contribution in [2.75, 3.05) is 25.5 Å². The van der Waals surface area contributed by atoms with E-state index < -0.39 is 0 Å². The van der Waals surface area contributed by atoms with Crippen molar-refractivity contribution < 1.29 is 9.53 Å². The van der Waals surface area contributed by atoms with E-state index in [9.17, 15) is 4.79 Å². The smallest absolute Gasteiger partial charge is 0.228 e. The Kier molecular flexibility index (Phi) is 5.53. The monoisotopic (exact) mass is 470 g/mol. The molecule has 1 saturated carbocycles. The number of rotatable bonds is 7. The van der Waals surface area contributed by atoms with Gasteiger partial charge in [-0.25, -0.2) is 4.52 Å². The number of nitrogens with zero attached hydrogens (tertiary/aromatic N) is 5. The number of hydrogen-bond acceptors (Lipinski definition) is 5. The van der Waals surface area contributed by atoms with E-state index in [1.165, 1.54) is 5.56 Å². The number of hydrogen-bond donors (Lipinski definition) is 1. The zero-order valence-corrected chi connectivity index (χ0v) is 20.1. The number of carbonyl (C=O) groups excluding carboxylic acids is 1. The molecule has 0 unspecified atom stereocenters. The molecule has 180 valence electrons. The quantitative estimate of drug-likeness (QED) is 0.443. The van der Waals surface area contributed by atoms with Gasteiger partial charge in [0.2, 0.25) is 5.91 Å². The van der Waals surface area contributed by atoms with Gasteiger partial charge in [0.15, 0.2) is 11.6 Å². The second-order valence-electron chi connectivity index (χ2n) is 9.81. The van der Waals surface area contributed by atoms with Crippen LogP contribution >= 0.6 is 0 Å². The summed E-state index contributed by atoms with van der Waals surface area (Å²) in [6.45, 7) is 1.65. The van der Waals surface area contributed by atoms with E-state index in [4.69, 9.17) is 4.74 Å². The second-order valence-corrected chi connectivity index (χ2v) is 9.81. The summed E-state index contributed by atoms with van der Waals surface area (Å²) in [5.74, 6) is 2.09.